The minimum atomic E-state index is -5.06. The van der Waals surface area contributed by atoms with Gasteiger partial charge in [0.15, 0.2) is 5.75 Å². The summed E-state index contributed by atoms with van der Waals surface area (Å²) in [6.45, 7) is 0. The number of phenolic OH excluding ortho intramolecular Hbond substituents is 2. The second-order valence-corrected chi connectivity index (χ2v) is 15.6. The Balaban J connectivity index is 1.19. The van der Waals surface area contributed by atoms with Gasteiger partial charge >= 0.3 is 5.97 Å². The van der Waals surface area contributed by atoms with Gasteiger partial charge < -0.3 is 31.1 Å². The minimum Gasteiger partial charge on any atom is -0.507 e. The zero-order valence-corrected chi connectivity index (χ0v) is 32.4. The Morgan fingerprint density at radius 3 is 1.98 bits per heavy atom. The van der Waals surface area contributed by atoms with Gasteiger partial charge in [-0.3, -0.25) is 9.54 Å². The number of rotatable bonds is 12. The maximum absolute atomic E-state index is 12.5. The molecule has 0 radical (unpaired) electrons. The van der Waals surface area contributed by atoms with Crippen molar-refractivity contribution in [3.63, 3.8) is 0 Å². The number of nitrogens with zero attached hydrogens (tertiary/aromatic N) is 7. The number of carbonyl (C=O) groups is 1. The SMILES string of the molecule is NS(=O)(=O)c1ccc(O)c(N=Nc2c(S(=O)(=O)O)cc3cc(Nc4nc(=Nc5ccccc5)nc(Nc5ccc(N=Nc6ccc(O)c(C(=O)O)c6)cc5)[nH]4)ccc3c2O)c1. The van der Waals surface area contributed by atoms with Gasteiger partial charge in [-0.25, -0.2) is 23.3 Å². The molecule has 7 aromatic rings. The lowest BCUT2D eigenvalue weighted by Crippen LogP contribution is -2.18. The van der Waals surface area contributed by atoms with E-state index < -0.39 is 64.5 Å². The third kappa shape index (κ3) is 9.78. The van der Waals surface area contributed by atoms with Crippen LogP contribution in [-0.2, 0) is 20.1 Å². The summed E-state index contributed by atoms with van der Waals surface area (Å²) in [7, 11) is -9.27. The van der Waals surface area contributed by atoms with E-state index in [1.807, 2.05) is 6.07 Å². The molecule has 7 rings (SSSR count). The van der Waals surface area contributed by atoms with Crippen molar-refractivity contribution in [3.8, 4) is 17.2 Å². The average Bonchev–Trinajstić information content (AvgIpc) is 3.20. The maximum Gasteiger partial charge on any atom is 0.339 e. The summed E-state index contributed by atoms with van der Waals surface area (Å²) >= 11 is 0. The standard InChI is InChI=1S/C38H29N11O10S2/c39-60(55,56)26-12-15-31(51)29(19-26)48-49-33-32(61(57,58)59)17-20-16-24(10-13-27(20)34(33)52)42-38-44-36(40-21-4-2-1-3-5-21)43-37(45-38)41-22-6-8-23(9-7-22)46-47-25-11-14-30(50)28(18-25)35(53)54/h1-19,50-52H,(H,53,54)(H2,39,55,56)(H,57,58,59)(H3,40,41,42,43,44,45). The molecule has 0 amide bonds. The van der Waals surface area contributed by atoms with Crippen molar-refractivity contribution in [2.24, 2.45) is 30.6 Å². The van der Waals surface area contributed by atoms with Crippen LogP contribution in [0.25, 0.3) is 10.8 Å². The number of phenols is 3. The van der Waals surface area contributed by atoms with Crippen LogP contribution in [0.2, 0.25) is 0 Å². The number of H-pyrrole nitrogens is 1. The van der Waals surface area contributed by atoms with E-state index in [0.717, 1.165) is 24.3 Å². The van der Waals surface area contributed by atoms with Gasteiger partial charge in [-0.2, -0.15) is 28.6 Å². The first-order chi connectivity index (χ1) is 29.0. The van der Waals surface area contributed by atoms with Gasteiger partial charge in [-0.1, -0.05) is 18.2 Å². The van der Waals surface area contributed by atoms with Crippen LogP contribution in [0.3, 0.4) is 0 Å². The maximum atomic E-state index is 12.5. The number of para-hydroxylation sites is 1. The third-order valence-corrected chi connectivity index (χ3v) is 10.2. The van der Waals surface area contributed by atoms with Gasteiger partial charge in [0.1, 0.15) is 33.3 Å². The van der Waals surface area contributed by atoms with Crippen molar-refractivity contribution in [1.82, 2.24) is 15.0 Å². The first-order valence-corrected chi connectivity index (χ1v) is 20.2. The number of carboxylic acid groups (broad SMARTS) is 1. The summed E-state index contributed by atoms with van der Waals surface area (Å²) in [5.74, 6) is -2.68. The number of benzene rings is 6. The topological polar surface area (TPSA) is 340 Å². The molecule has 23 heteroatoms. The summed E-state index contributed by atoms with van der Waals surface area (Å²) in [4.78, 5) is 26.5. The van der Waals surface area contributed by atoms with Crippen molar-refractivity contribution in [3.05, 3.63) is 126 Å². The molecule has 0 saturated carbocycles. The molecule has 10 N–H and O–H groups in total. The molecule has 0 aliphatic rings. The molecule has 21 nitrogen and oxygen atoms in total. The highest BCUT2D eigenvalue weighted by Crippen LogP contribution is 2.43. The summed E-state index contributed by atoms with van der Waals surface area (Å²) in [6, 6.07) is 27.6. The average molecular weight is 864 g/mol. The van der Waals surface area contributed by atoms with E-state index in [2.05, 4.69) is 51.0 Å². The zero-order valence-electron chi connectivity index (χ0n) is 30.8. The molecule has 308 valence electrons. The molecular formula is C38H29N11O10S2. The van der Waals surface area contributed by atoms with Crippen molar-refractivity contribution in [1.29, 1.82) is 0 Å². The van der Waals surface area contributed by atoms with Crippen LogP contribution in [0, 0.1) is 0 Å². The van der Waals surface area contributed by atoms with E-state index in [9.17, 15) is 46.6 Å². The largest absolute Gasteiger partial charge is 0.507 e. The molecule has 6 aromatic carbocycles. The van der Waals surface area contributed by atoms with Crippen molar-refractivity contribution in [2.45, 2.75) is 9.79 Å². The van der Waals surface area contributed by atoms with Gasteiger partial charge in [0.2, 0.25) is 21.9 Å². The number of primary sulfonamides is 1. The molecule has 0 saturated heterocycles. The third-order valence-electron chi connectivity index (χ3n) is 8.39. The highest BCUT2D eigenvalue weighted by atomic mass is 32.2. The highest BCUT2D eigenvalue weighted by Gasteiger charge is 2.23. The van der Waals surface area contributed by atoms with Gasteiger partial charge in [0, 0.05) is 16.8 Å². The number of aromatic nitrogens is 3. The van der Waals surface area contributed by atoms with Crippen molar-refractivity contribution >= 4 is 88.6 Å². The second-order valence-electron chi connectivity index (χ2n) is 12.7. The molecule has 0 fully saturated rings. The van der Waals surface area contributed by atoms with E-state index in [1.54, 1.807) is 48.5 Å². The number of aromatic amines is 1. The van der Waals surface area contributed by atoms with Crippen LogP contribution in [0.5, 0.6) is 17.2 Å². The predicted molar refractivity (Wildman–Crippen MR) is 219 cm³/mol. The minimum absolute atomic E-state index is 0.0257. The zero-order chi connectivity index (χ0) is 43.5. The van der Waals surface area contributed by atoms with Crippen LogP contribution in [0.1, 0.15) is 10.4 Å². The number of sulfonamides is 1. The van der Waals surface area contributed by atoms with Crippen LogP contribution in [0.15, 0.2) is 151 Å². The molecule has 0 aliphatic heterocycles. The number of nitrogens with one attached hydrogen (secondary N) is 3. The van der Waals surface area contributed by atoms with Gasteiger partial charge in [-0.15, -0.1) is 10.2 Å². The number of nitrogens with two attached hydrogens (primary N) is 1. The van der Waals surface area contributed by atoms with Crippen LogP contribution in [0.4, 0.5) is 51.7 Å². The normalized spacial score (nSPS) is 12.3. The fourth-order valence-corrected chi connectivity index (χ4v) is 6.72. The lowest BCUT2D eigenvalue weighted by atomic mass is 10.1. The van der Waals surface area contributed by atoms with Crippen LogP contribution < -0.4 is 21.4 Å². The smallest absolute Gasteiger partial charge is 0.339 e. The Morgan fingerprint density at radius 2 is 1.31 bits per heavy atom. The van der Waals surface area contributed by atoms with Gasteiger partial charge in [0.05, 0.1) is 22.0 Å². The quantitative estimate of drug-likeness (QED) is 0.0433. The molecular weight excluding hydrogens is 835 g/mol. The Hall–Kier alpha value is -8.12. The number of hydrogen-bond acceptors (Lipinski definition) is 17. The Morgan fingerprint density at radius 1 is 0.672 bits per heavy atom. The first kappa shape index (κ1) is 41.1. The number of aromatic hydroxyl groups is 3. The molecule has 0 bridgehead atoms. The van der Waals surface area contributed by atoms with E-state index in [0.29, 0.717) is 22.7 Å². The number of aromatic carboxylic acids is 1. The summed E-state index contributed by atoms with van der Waals surface area (Å²) in [5.41, 5.74) is 0.625. The van der Waals surface area contributed by atoms with Gasteiger partial charge in [-0.05, 0) is 102 Å². The van der Waals surface area contributed by atoms with E-state index in [4.69, 9.17) is 5.14 Å². The highest BCUT2D eigenvalue weighted by molar-refractivity contribution is 7.89. The molecule has 0 unspecified atom stereocenters. The number of hydrogen-bond donors (Lipinski definition) is 9. The van der Waals surface area contributed by atoms with E-state index >= 15 is 0 Å². The monoisotopic (exact) mass is 863 g/mol. The van der Waals surface area contributed by atoms with E-state index in [1.165, 1.54) is 36.4 Å². The summed E-state index contributed by atoms with van der Waals surface area (Å²) < 4.78 is 58.8. The number of anilines is 4. The Labute approximate surface area is 343 Å². The Bertz CT molecular complexity index is 3220. The molecule has 61 heavy (non-hydrogen) atoms. The summed E-state index contributed by atoms with van der Waals surface area (Å²) in [5, 5.41) is 67.5. The molecule has 1 heterocycles. The molecule has 0 aliphatic carbocycles. The fourth-order valence-electron chi connectivity index (χ4n) is 5.52. The number of azo groups is 2. The lowest BCUT2D eigenvalue weighted by Gasteiger charge is -2.12. The lowest BCUT2D eigenvalue weighted by molar-refractivity contribution is 0.0693. The van der Waals surface area contributed by atoms with Crippen molar-refractivity contribution in [2.75, 3.05) is 10.6 Å². The van der Waals surface area contributed by atoms with Gasteiger partial charge in [0.25, 0.3) is 15.7 Å². The molecule has 0 atom stereocenters. The van der Waals surface area contributed by atoms with Crippen LogP contribution >= 0.6 is 0 Å². The second kappa shape index (κ2) is 16.6. The van der Waals surface area contributed by atoms with Crippen molar-refractivity contribution < 1.29 is 46.6 Å². The molecule has 1 aromatic heterocycles. The predicted octanol–water partition coefficient (Wildman–Crippen LogP) is 7.22. The van der Waals surface area contributed by atoms with Crippen LogP contribution in [-0.4, -0.2) is 62.7 Å². The molecule has 0 spiro atoms. The summed E-state index contributed by atoms with van der Waals surface area (Å²) in [6.07, 6.45) is 0. The van der Waals surface area contributed by atoms with E-state index in [-0.39, 0.29) is 39.5 Å². The number of carboxylic acids is 1. The Kier molecular flexibility index (Phi) is 11.2. The number of fused-ring (bicyclic) bond motifs is 1. The first-order valence-electron chi connectivity index (χ1n) is 17.3. The fraction of sp³-hybridized carbons (Fsp3) is 0.